The Labute approximate surface area is 175 Å². The van der Waals surface area contributed by atoms with Crippen LogP contribution in [0.4, 0.5) is 0 Å². The smallest absolute Gasteiger partial charge is 0.261 e. The lowest BCUT2D eigenvalue weighted by molar-refractivity contribution is -0.135. The Morgan fingerprint density at radius 2 is 1.60 bits per heavy atom. The van der Waals surface area contributed by atoms with Crippen LogP contribution in [0.3, 0.4) is 0 Å². The van der Waals surface area contributed by atoms with Crippen LogP contribution < -0.4 is 5.32 Å². The molecule has 0 atom stereocenters. The van der Waals surface area contributed by atoms with Crippen molar-refractivity contribution in [3.05, 3.63) is 47.5 Å². The van der Waals surface area contributed by atoms with Gasteiger partial charge in [0.15, 0.2) is 0 Å². The van der Waals surface area contributed by atoms with Gasteiger partial charge in [0, 0.05) is 55.5 Å². The highest BCUT2D eigenvalue weighted by atomic mass is 16.2. The molecular weight excluding hydrogens is 382 g/mol. The highest BCUT2D eigenvalue weighted by molar-refractivity contribution is 6.25. The molecule has 0 saturated carbocycles. The Hall–Kier alpha value is -3.22. The van der Waals surface area contributed by atoms with Gasteiger partial charge in [-0.3, -0.25) is 24.1 Å². The van der Waals surface area contributed by atoms with Gasteiger partial charge in [0.25, 0.3) is 11.8 Å². The van der Waals surface area contributed by atoms with E-state index >= 15 is 0 Å². The number of amides is 4. The molecule has 30 heavy (non-hydrogen) atoms. The minimum atomic E-state index is -0.303. The highest BCUT2D eigenvalue weighted by Crippen LogP contribution is 2.30. The summed E-state index contributed by atoms with van der Waals surface area (Å²) in [6.07, 6.45) is 2.02. The van der Waals surface area contributed by atoms with Crippen molar-refractivity contribution in [1.82, 2.24) is 15.1 Å². The standard InChI is InChI=1S/C23H25N3O4/c1-24-21(28)16-10-13-25(14-11-16)19(27)9-4-12-26-22(29)17-7-2-5-15-6-3-8-18(20(15)17)23(26)30/h2-3,5-8,16H,4,9-14H2,1H3,(H,24,28). The van der Waals surface area contributed by atoms with Crippen LogP contribution in [-0.2, 0) is 9.59 Å². The maximum Gasteiger partial charge on any atom is 0.261 e. The number of carbonyl (C=O) groups is 4. The van der Waals surface area contributed by atoms with Gasteiger partial charge in [0.1, 0.15) is 0 Å². The number of hydrogen-bond donors (Lipinski definition) is 1. The van der Waals surface area contributed by atoms with Gasteiger partial charge in [-0.1, -0.05) is 24.3 Å². The van der Waals surface area contributed by atoms with E-state index in [2.05, 4.69) is 5.32 Å². The monoisotopic (exact) mass is 407 g/mol. The molecule has 1 fully saturated rings. The topological polar surface area (TPSA) is 86.8 Å². The van der Waals surface area contributed by atoms with E-state index in [1.807, 2.05) is 24.3 Å². The fraction of sp³-hybridized carbons (Fsp3) is 0.391. The number of carbonyl (C=O) groups excluding carboxylic acids is 4. The van der Waals surface area contributed by atoms with E-state index in [0.29, 0.717) is 48.9 Å². The number of nitrogens with one attached hydrogen (secondary N) is 1. The molecule has 0 spiro atoms. The molecular formula is C23H25N3O4. The minimum Gasteiger partial charge on any atom is -0.359 e. The molecule has 156 valence electrons. The summed E-state index contributed by atoms with van der Waals surface area (Å²) in [5.74, 6) is -0.610. The summed E-state index contributed by atoms with van der Waals surface area (Å²) >= 11 is 0. The number of hydrogen-bond acceptors (Lipinski definition) is 4. The Morgan fingerprint density at radius 1 is 1.00 bits per heavy atom. The van der Waals surface area contributed by atoms with E-state index in [1.165, 1.54) is 4.90 Å². The predicted octanol–water partition coefficient (Wildman–Crippen LogP) is 2.20. The van der Waals surface area contributed by atoms with Gasteiger partial charge in [0.2, 0.25) is 11.8 Å². The number of rotatable bonds is 5. The normalized spacial score (nSPS) is 16.8. The molecule has 4 amide bonds. The summed E-state index contributed by atoms with van der Waals surface area (Å²) in [6, 6.07) is 10.9. The first-order valence-corrected chi connectivity index (χ1v) is 10.4. The summed E-state index contributed by atoms with van der Waals surface area (Å²) in [6.45, 7) is 1.34. The molecule has 0 aromatic heterocycles. The van der Waals surface area contributed by atoms with Gasteiger partial charge in [-0.15, -0.1) is 0 Å². The van der Waals surface area contributed by atoms with Crippen LogP contribution in [0.2, 0.25) is 0 Å². The Bertz CT molecular complexity index is 974. The van der Waals surface area contributed by atoms with Gasteiger partial charge in [-0.05, 0) is 36.8 Å². The second-order valence-electron chi connectivity index (χ2n) is 7.84. The first-order valence-electron chi connectivity index (χ1n) is 10.4. The van der Waals surface area contributed by atoms with E-state index in [1.54, 1.807) is 24.1 Å². The third-order valence-corrected chi connectivity index (χ3v) is 6.09. The average molecular weight is 407 g/mol. The first kappa shape index (κ1) is 20.1. The Morgan fingerprint density at radius 3 is 2.17 bits per heavy atom. The van der Waals surface area contributed by atoms with Crippen LogP contribution in [0, 0.1) is 5.92 Å². The molecule has 2 aliphatic heterocycles. The van der Waals surface area contributed by atoms with Crippen molar-refractivity contribution < 1.29 is 19.2 Å². The summed E-state index contributed by atoms with van der Waals surface area (Å²) in [5, 5.41) is 4.25. The second kappa shape index (κ2) is 8.26. The molecule has 2 aromatic rings. The molecule has 0 bridgehead atoms. The zero-order chi connectivity index (χ0) is 21.3. The summed E-state index contributed by atoms with van der Waals surface area (Å²) in [4.78, 5) is 53.1. The van der Waals surface area contributed by atoms with Crippen molar-refractivity contribution in [1.29, 1.82) is 0 Å². The van der Waals surface area contributed by atoms with Gasteiger partial charge >= 0.3 is 0 Å². The second-order valence-corrected chi connectivity index (χ2v) is 7.84. The van der Waals surface area contributed by atoms with Gasteiger partial charge in [-0.2, -0.15) is 0 Å². The Kier molecular flexibility index (Phi) is 5.53. The van der Waals surface area contributed by atoms with Crippen LogP contribution in [-0.4, -0.2) is 60.1 Å². The maximum absolute atomic E-state index is 12.9. The first-order chi connectivity index (χ1) is 14.5. The molecule has 7 heteroatoms. The van der Waals surface area contributed by atoms with E-state index in [9.17, 15) is 19.2 Å². The molecule has 1 saturated heterocycles. The third kappa shape index (κ3) is 3.56. The summed E-state index contributed by atoms with van der Waals surface area (Å²) in [7, 11) is 1.63. The molecule has 2 aromatic carbocycles. The lowest BCUT2D eigenvalue weighted by atomic mass is 9.94. The van der Waals surface area contributed by atoms with Crippen molar-refractivity contribution in [3.8, 4) is 0 Å². The predicted molar refractivity (Wildman–Crippen MR) is 112 cm³/mol. The van der Waals surface area contributed by atoms with Gasteiger partial charge < -0.3 is 10.2 Å². The lowest BCUT2D eigenvalue weighted by Gasteiger charge is -2.31. The SMILES string of the molecule is CNC(=O)C1CCN(C(=O)CCCN2C(=O)c3cccc4cccc(c34)C2=O)CC1. The van der Waals surface area contributed by atoms with Gasteiger partial charge in [0.05, 0.1) is 0 Å². The maximum atomic E-state index is 12.9. The number of imide groups is 1. The van der Waals surface area contributed by atoms with Crippen molar-refractivity contribution in [2.75, 3.05) is 26.7 Å². The molecule has 2 aliphatic rings. The Balaban J connectivity index is 1.36. The quantitative estimate of drug-likeness (QED) is 0.770. The molecule has 0 aliphatic carbocycles. The van der Waals surface area contributed by atoms with E-state index < -0.39 is 0 Å². The number of likely N-dealkylation sites (tertiary alicyclic amines) is 1. The summed E-state index contributed by atoms with van der Waals surface area (Å²) < 4.78 is 0. The molecule has 1 N–H and O–H groups in total. The number of nitrogens with zero attached hydrogens (tertiary/aromatic N) is 2. The van der Waals surface area contributed by atoms with Crippen LogP contribution in [0.25, 0.3) is 10.8 Å². The van der Waals surface area contributed by atoms with Crippen molar-refractivity contribution in [3.63, 3.8) is 0 Å². The zero-order valence-electron chi connectivity index (χ0n) is 17.0. The zero-order valence-corrected chi connectivity index (χ0v) is 17.0. The fourth-order valence-corrected chi connectivity index (χ4v) is 4.43. The minimum absolute atomic E-state index is 0.00441. The lowest BCUT2D eigenvalue weighted by Crippen LogP contribution is -2.43. The third-order valence-electron chi connectivity index (χ3n) is 6.09. The molecule has 0 radical (unpaired) electrons. The van der Waals surface area contributed by atoms with E-state index in [4.69, 9.17) is 0 Å². The average Bonchev–Trinajstić information content (AvgIpc) is 2.79. The van der Waals surface area contributed by atoms with Crippen LogP contribution in [0.15, 0.2) is 36.4 Å². The molecule has 4 rings (SSSR count). The van der Waals surface area contributed by atoms with E-state index in [0.717, 1.165) is 5.39 Å². The number of benzene rings is 2. The molecule has 2 heterocycles. The van der Waals surface area contributed by atoms with Crippen molar-refractivity contribution in [2.24, 2.45) is 5.92 Å². The van der Waals surface area contributed by atoms with Crippen LogP contribution >= 0.6 is 0 Å². The van der Waals surface area contributed by atoms with Gasteiger partial charge in [-0.25, -0.2) is 0 Å². The van der Waals surface area contributed by atoms with Crippen molar-refractivity contribution in [2.45, 2.75) is 25.7 Å². The molecule has 7 nitrogen and oxygen atoms in total. The van der Waals surface area contributed by atoms with E-state index in [-0.39, 0.29) is 42.5 Å². The fourth-order valence-electron chi connectivity index (χ4n) is 4.43. The van der Waals surface area contributed by atoms with Crippen LogP contribution in [0.5, 0.6) is 0 Å². The molecule has 0 unspecified atom stereocenters. The number of piperidine rings is 1. The van der Waals surface area contributed by atoms with Crippen molar-refractivity contribution >= 4 is 34.4 Å². The highest BCUT2D eigenvalue weighted by Gasteiger charge is 2.32. The largest absolute Gasteiger partial charge is 0.359 e. The summed E-state index contributed by atoms with van der Waals surface area (Å²) in [5.41, 5.74) is 1.07. The van der Waals surface area contributed by atoms with Crippen LogP contribution in [0.1, 0.15) is 46.4 Å².